The van der Waals surface area contributed by atoms with Gasteiger partial charge in [-0.2, -0.15) is 0 Å². The van der Waals surface area contributed by atoms with Gasteiger partial charge in [0.15, 0.2) is 14.6 Å². The number of hydrogen-bond donors (Lipinski definition) is 1. The van der Waals surface area contributed by atoms with Crippen molar-refractivity contribution in [3.63, 3.8) is 0 Å². The number of amides is 1. The third-order valence-corrected chi connectivity index (χ3v) is 9.26. The average molecular weight is 481 g/mol. The van der Waals surface area contributed by atoms with E-state index in [0.717, 1.165) is 11.5 Å². The van der Waals surface area contributed by atoms with Crippen LogP contribution in [-0.2, 0) is 19.4 Å². The van der Waals surface area contributed by atoms with E-state index in [0.29, 0.717) is 57.0 Å². The minimum absolute atomic E-state index is 0.130. The predicted molar refractivity (Wildman–Crippen MR) is 121 cm³/mol. The number of morpholine rings is 1. The fourth-order valence-electron chi connectivity index (χ4n) is 4.69. The van der Waals surface area contributed by atoms with E-state index >= 15 is 0 Å². The second kappa shape index (κ2) is 9.55. The van der Waals surface area contributed by atoms with Gasteiger partial charge in [0.2, 0.25) is 5.91 Å². The molecular formula is C23H29ClN2O5S. The number of nitrogens with one attached hydrogen (secondary N) is 1. The Labute approximate surface area is 194 Å². The van der Waals surface area contributed by atoms with Crippen molar-refractivity contribution >= 4 is 27.3 Å². The lowest BCUT2D eigenvalue weighted by Gasteiger charge is -2.34. The van der Waals surface area contributed by atoms with Gasteiger partial charge in [-0.3, -0.25) is 9.69 Å². The normalized spacial score (nSPS) is 20.2. The monoisotopic (exact) mass is 480 g/mol. The van der Waals surface area contributed by atoms with E-state index in [1.54, 1.807) is 12.1 Å². The van der Waals surface area contributed by atoms with Crippen molar-refractivity contribution in [2.45, 2.75) is 48.3 Å². The van der Waals surface area contributed by atoms with Crippen molar-refractivity contribution in [1.82, 2.24) is 10.2 Å². The maximum Gasteiger partial charge on any atom is 0.241 e. The number of carbonyl (C=O) groups is 1. The van der Waals surface area contributed by atoms with E-state index in [1.807, 2.05) is 19.1 Å². The van der Waals surface area contributed by atoms with Crippen LogP contribution < -0.4 is 5.32 Å². The predicted octanol–water partition coefficient (Wildman–Crippen LogP) is 3.52. The molecule has 0 radical (unpaired) electrons. The quantitative estimate of drug-likeness (QED) is 0.652. The molecular weight excluding hydrogens is 452 g/mol. The topological polar surface area (TPSA) is 88.9 Å². The summed E-state index contributed by atoms with van der Waals surface area (Å²) in [6.07, 6.45) is 2.02. The van der Waals surface area contributed by atoms with E-state index in [-0.39, 0.29) is 17.5 Å². The molecule has 1 saturated heterocycles. The smallest absolute Gasteiger partial charge is 0.241 e. The number of sulfone groups is 1. The van der Waals surface area contributed by atoms with E-state index in [9.17, 15) is 13.2 Å². The van der Waals surface area contributed by atoms with Crippen molar-refractivity contribution in [2.75, 3.05) is 32.8 Å². The first-order valence-corrected chi connectivity index (χ1v) is 12.9. The second-order valence-electron chi connectivity index (χ2n) is 8.48. The lowest BCUT2D eigenvalue weighted by atomic mass is 10.1. The van der Waals surface area contributed by atoms with Gasteiger partial charge < -0.3 is 14.5 Å². The molecule has 0 bridgehead atoms. The first kappa shape index (κ1) is 23.3. The van der Waals surface area contributed by atoms with Gasteiger partial charge in [0.1, 0.15) is 11.5 Å². The van der Waals surface area contributed by atoms with Crippen LogP contribution in [0.1, 0.15) is 43.2 Å². The summed E-state index contributed by atoms with van der Waals surface area (Å²) in [4.78, 5) is 15.8. The molecule has 2 heterocycles. The summed E-state index contributed by atoms with van der Waals surface area (Å²) in [6, 6.07) is 9.67. The Morgan fingerprint density at radius 2 is 1.78 bits per heavy atom. The van der Waals surface area contributed by atoms with Crippen LogP contribution >= 0.6 is 11.6 Å². The van der Waals surface area contributed by atoms with Crippen molar-refractivity contribution in [1.29, 1.82) is 0 Å². The minimum Gasteiger partial charge on any atom is -0.465 e. The third kappa shape index (κ3) is 4.46. The van der Waals surface area contributed by atoms with Gasteiger partial charge in [-0.15, -0.1) is 0 Å². The number of rotatable bonds is 7. The van der Waals surface area contributed by atoms with Crippen LogP contribution in [0.5, 0.6) is 0 Å². The Kier molecular flexibility index (Phi) is 6.95. The summed E-state index contributed by atoms with van der Waals surface area (Å²) in [6.45, 7) is 4.80. The number of aryl methyl sites for hydroxylation is 1. The van der Waals surface area contributed by atoms with Gasteiger partial charge in [0.25, 0.3) is 0 Å². The van der Waals surface area contributed by atoms with Gasteiger partial charge in [0.05, 0.1) is 24.2 Å². The molecule has 1 unspecified atom stereocenters. The SMILES string of the molecule is Cc1ccc(C(CNC(=O)C2(S(=O)(=O)c3ccc(Cl)cc3)CCCC2)N2CCOCC2)o1. The Morgan fingerprint density at radius 1 is 1.12 bits per heavy atom. The van der Waals surface area contributed by atoms with Crippen LogP contribution in [0.4, 0.5) is 0 Å². The highest BCUT2D eigenvalue weighted by molar-refractivity contribution is 7.93. The van der Waals surface area contributed by atoms with Gasteiger partial charge in [-0.05, 0) is 56.2 Å². The molecule has 1 saturated carbocycles. The molecule has 2 aromatic rings. The van der Waals surface area contributed by atoms with Crippen LogP contribution in [0.3, 0.4) is 0 Å². The largest absolute Gasteiger partial charge is 0.465 e. The van der Waals surface area contributed by atoms with E-state index in [2.05, 4.69) is 10.2 Å². The van der Waals surface area contributed by atoms with E-state index < -0.39 is 20.5 Å². The van der Waals surface area contributed by atoms with Crippen LogP contribution in [0.25, 0.3) is 0 Å². The molecule has 174 valence electrons. The number of carbonyl (C=O) groups excluding carboxylic acids is 1. The molecule has 2 aliphatic rings. The molecule has 1 N–H and O–H groups in total. The average Bonchev–Trinajstić information content (AvgIpc) is 3.45. The summed E-state index contributed by atoms with van der Waals surface area (Å²) in [5.41, 5.74) is 0. The Hall–Kier alpha value is -1.87. The lowest BCUT2D eigenvalue weighted by molar-refractivity contribution is -0.124. The van der Waals surface area contributed by atoms with Crippen LogP contribution in [0.2, 0.25) is 5.02 Å². The Bertz CT molecular complexity index is 1040. The number of hydrogen-bond acceptors (Lipinski definition) is 6. The number of nitrogens with zero attached hydrogens (tertiary/aromatic N) is 1. The maximum atomic E-state index is 13.6. The number of ether oxygens (including phenoxy) is 1. The number of benzene rings is 1. The molecule has 1 aromatic heterocycles. The fourth-order valence-corrected chi connectivity index (χ4v) is 6.90. The van der Waals surface area contributed by atoms with E-state index in [1.165, 1.54) is 12.1 Å². The zero-order chi connectivity index (χ0) is 22.8. The minimum atomic E-state index is -3.88. The lowest BCUT2D eigenvalue weighted by Crippen LogP contribution is -2.52. The first-order valence-electron chi connectivity index (χ1n) is 11.0. The standard InChI is InChI=1S/C23H29ClN2O5S/c1-17-4-9-21(31-17)20(26-12-14-30-15-13-26)16-25-22(27)23(10-2-3-11-23)32(28,29)19-7-5-18(24)6-8-19/h4-9,20H,2-3,10-16H2,1H3,(H,25,27). The summed E-state index contributed by atoms with van der Waals surface area (Å²) in [5, 5.41) is 3.43. The maximum absolute atomic E-state index is 13.6. The van der Waals surface area contributed by atoms with Crippen molar-refractivity contribution in [3.05, 3.63) is 52.9 Å². The summed E-state index contributed by atoms with van der Waals surface area (Å²) in [7, 11) is -3.88. The molecule has 0 spiro atoms. The van der Waals surface area contributed by atoms with E-state index in [4.69, 9.17) is 20.8 Å². The molecule has 1 amide bonds. The van der Waals surface area contributed by atoms with Crippen molar-refractivity contribution in [2.24, 2.45) is 0 Å². The first-order chi connectivity index (χ1) is 15.3. The Balaban J connectivity index is 1.57. The fraction of sp³-hybridized carbons (Fsp3) is 0.522. The summed E-state index contributed by atoms with van der Waals surface area (Å²) >= 11 is 5.94. The third-order valence-electron chi connectivity index (χ3n) is 6.50. The molecule has 32 heavy (non-hydrogen) atoms. The van der Waals surface area contributed by atoms with Crippen molar-refractivity contribution < 1.29 is 22.4 Å². The molecule has 9 heteroatoms. The Morgan fingerprint density at radius 3 is 2.38 bits per heavy atom. The molecule has 1 atom stereocenters. The summed E-state index contributed by atoms with van der Waals surface area (Å²) in [5.74, 6) is 1.11. The molecule has 4 rings (SSSR count). The molecule has 7 nitrogen and oxygen atoms in total. The van der Waals surface area contributed by atoms with Gasteiger partial charge in [-0.1, -0.05) is 24.4 Å². The van der Waals surface area contributed by atoms with Gasteiger partial charge in [-0.25, -0.2) is 8.42 Å². The molecule has 1 aliphatic heterocycles. The van der Waals surface area contributed by atoms with Gasteiger partial charge >= 0.3 is 0 Å². The number of furan rings is 1. The molecule has 2 fully saturated rings. The second-order valence-corrected chi connectivity index (χ2v) is 11.2. The summed E-state index contributed by atoms with van der Waals surface area (Å²) < 4.78 is 37.0. The van der Waals surface area contributed by atoms with Gasteiger partial charge in [0, 0.05) is 24.7 Å². The zero-order valence-electron chi connectivity index (χ0n) is 18.2. The van der Waals surface area contributed by atoms with Crippen molar-refractivity contribution in [3.8, 4) is 0 Å². The highest BCUT2D eigenvalue weighted by Crippen LogP contribution is 2.41. The molecule has 1 aliphatic carbocycles. The zero-order valence-corrected chi connectivity index (χ0v) is 19.8. The van der Waals surface area contributed by atoms with Crippen LogP contribution in [0, 0.1) is 6.92 Å². The highest BCUT2D eigenvalue weighted by atomic mass is 35.5. The van der Waals surface area contributed by atoms with Crippen LogP contribution in [0.15, 0.2) is 45.7 Å². The number of halogens is 1. The van der Waals surface area contributed by atoms with Crippen LogP contribution in [-0.4, -0.2) is 56.8 Å². The molecule has 1 aromatic carbocycles. The highest BCUT2D eigenvalue weighted by Gasteiger charge is 2.53.